The molecule has 2 aromatic rings. The molecule has 1 heterocycles. The first-order valence-corrected chi connectivity index (χ1v) is 10.1. The van der Waals surface area contributed by atoms with E-state index in [9.17, 15) is 12.8 Å². The normalized spacial score (nSPS) is 15.0. The quantitative estimate of drug-likeness (QED) is 0.812. The van der Waals surface area contributed by atoms with E-state index in [-0.39, 0.29) is 15.8 Å². The van der Waals surface area contributed by atoms with Crippen molar-refractivity contribution in [1.29, 1.82) is 0 Å². The molecule has 138 valence electrons. The zero-order chi connectivity index (χ0) is 18.7. The van der Waals surface area contributed by atoms with Gasteiger partial charge < -0.3 is 9.80 Å². The monoisotopic (exact) mass is 393 g/mol. The number of rotatable bonds is 3. The summed E-state index contributed by atoms with van der Waals surface area (Å²) >= 11 is 5.27. The fourth-order valence-electron chi connectivity index (χ4n) is 2.81. The van der Waals surface area contributed by atoms with E-state index in [1.54, 1.807) is 47.4 Å². The molecule has 8 heteroatoms. The van der Waals surface area contributed by atoms with Gasteiger partial charge in [0.25, 0.3) is 10.0 Å². The lowest BCUT2D eigenvalue weighted by Gasteiger charge is -2.37. The molecule has 5 nitrogen and oxygen atoms in total. The van der Waals surface area contributed by atoms with Gasteiger partial charge in [-0.1, -0.05) is 29.8 Å². The Morgan fingerprint density at radius 1 is 1.04 bits per heavy atom. The van der Waals surface area contributed by atoms with Gasteiger partial charge >= 0.3 is 0 Å². The molecule has 1 aliphatic heterocycles. The van der Waals surface area contributed by atoms with Gasteiger partial charge in [-0.2, -0.15) is 0 Å². The Labute approximate surface area is 158 Å². The number of halogens is 1. The molecule has 0 unspecified atom stereocenters. The molecule has 26 heavy (non-hydrogen) atoms. The molecule has 3 rings (SSSR count). The number of nitrogens with one attached hydrogen (secondary N) is 1. The molecule has 0 bridgehead atoms. The van der Waals surface area contributed by atoms with E-state index in [0.29, 0.717) is 31.9 Å². The minimum absolute atomic E-state index is 0.166. The molecule has 0 aromatic heterocycles. The highest BCUT2D eigenvalue weighted by Gasteiger charge is 2.24. The number of piperazine rings is 1. The summed E-state index contributed by atoms with van der Waals surface area (Å²) < 4.78 is 41.2. The van der Waals surface area contributed by atoms with Crippen LogP contribution in [-0.4, -0.2) is 44.6 Å². The number of aryl methyl sites for hydroxylation is 1. The van der Waals surface area contributed by atoms with Crippen molar-refractivity contribution in [2.75, 3.05) is 31.1 Å². The zero-order valence-corrected chi connectivity index (χ0v) is 16.0. The van der Waals surface area contributed by atoms with Crippen molar-refractivity contribution in [3.05, 3.63) is 59.9 Å². The zero-order valence-electron chi connectivity index (χ0n) is 14.4. The van der Waals surface area contributed by atoms with Crippen LogP contribution >= 0.6 is 12.2 Å². The number of hydrogen-bond donors (Lipinski definition) is 1. The fourth-order valence-corrected chi connectivity index (χ4v) is 4.30. The lowest BCUT2D eigenvalue weighted by atomic mass is 10.2. The molecule has 0 radical (unpaired) electrons. The summed E-state index contributed by atoms with van der Waals surface area (Å²) in [7, 11) is -3.70. The molecule has 2 aromatic carbocycles. The van der Waals surface area contributed by atoms with Crippen LogP contribution in [0.3, 0.4) is 0 Å². The molecule has 0 atom stereocenters. The average Bonchev–Trinajstić information content (AvgIpc) is 2.62. The second-order valence-electron chi connectivity index (χ2n) is 6.15. The van der Waals surface area contributed by atoms with Crippen molar-refractivity contribution in [2.24, 2.45) is 0 Å². The van der Waals surface area contributed by atoms with Gasteiger partial charge in [0.1, 0.15) is 5.82 Å². The van der Waals surface area contributed by atoms with Gasteiger partial charge in [0.2, 0.25) is 0 Å². The lowest BCUT2D eigenvalue weighted by molar-refractivity contribution is 0.383. The van der Waals surface area contributed by atoms with E-state index in [2.05, 4.69) is 4.72 Å². The number of anilines is 1. The molecular formula is C18H20FN3O2S2. The third-order valence-corrected chi connectivity index (χ3v) is 6.16. The Balaban J connectivity index is 1.62. The first-order chi connectivity index (χ1) is 12.4. The van der Waals surface area contributed by atoms with Crippen molar-refractivity contribution in [3.8, 4) is 0 Å². The number of sulfonamides is 1. The van der Waals surface area contributed by atoms with Gasteiger partial charge in [-0.25, -0.2) is 12.8 Å². The van der Waals surface area contributed by atoms with Crippen LogP contribution in [0.5, 0.6) is 0 Å². The van der Waals surface area contributed by atoms with Gasteiger partial charge in [-0.15, -0.1) is 0 Å². The maximum Gasteiger partial charge on any atom is 0.263 e. The van der Waals surface area contributed by atoms with Crippen LogP contribution in [0.25, 0.3) is 0 Å². The molecule has 1 N–H and O–H groups in total. The van der Waals surface area contributed by atoms with E-state index in [1.807, 2.05) is 11.8 Å². The van der Waals surface area contributed by atoms with Crippen LogP contribution in [0.15, 0.2) is 53.4 Å². The largest absolute Gasteiger partial charge is 0.366 e. The number of benzene rings is 2. The van der Waals surface area contributed by atoms with E-state index in [4.69, 9.17) is 12.2 Å². The van der Waals surface area contributed by atoms with Crippen LogP contribution in [0, 0.1) is 12.7 Å². The summed E-state index contributed by atoms with van der Waals surface area (Å²) in [4.78, 5) is 3.90. The van der Waals surface area contributed by atoms with E-state index >= 15 is 0 Å². The fraction of sp³-hybridized carbons (Fsp3) is 0.278. The molecular weight excluding hydrogens is 373 g/mol. The number of hydrogen-bond acceptors (Lipinski definition) is 4. The van der Waals surface area contributed by atoms with Crippen LogP contribution in [0.2, 0.25) is 0 Å². The van der Waals surface area contributed by atoms with Gasteiger partial charge in [-0.3, -0.25) is 4.72 Å². The van der Waals surface area contributed by atoms with E-state index < -0.39 is 10.0 Å². The maximum atomic E-state index is 13.9. The molecule has 0 saturated carbocycles. The minimum Gasteiger partial charge on any atom is -0.366 e. The SMILES string of the molecule is Cc1ccc(S(=O)(=O)NC(=S)N2CCN(c3ccccc3F)CC2)cc1. The van der Waals surface area contributed by atoms with Crippen molar-refractivity contribution < 1.29 is 12.8 Å². The van der Waals surface area contributed by atoms with Crippen LogP contribution < -0.4 is 9.62 Å². The molecule has 1 saturated heterocycles. The first-order valence-electron chi connectivity index (χ1n) is 8.25. The standard InChI is InChI=1S/C18H20FN3O2S2/c1-14-6-8-15(9-7-14)26(23,24)20-18(25)22-12-10-21(11-13-22)17-5-3-2-4-16(17)19/h2-9H,10-13H2,1H3,(H,20,25). The van der Waals surface area contributed by atoms with Gasteiger partial charge in [0, 0.05) is 26.2 Å². The van der Waals surface area contributed by atoms with E-state index in [1.165, 1.54) is 6.07 Å². The van der Waals surface area contributed by atoms with Gasteiger partial charge in [-0.05, 0) is 43.4 Å². The Bertz CT molecular complexity index is 893. The van der Waals surface area contributed by atoms with Crippen LogP contribution in [-0.2, 0) is 10.0 Å². The smallest absolute Gasteiger partial charge is 0.263 e. The number of para-hydroxylation sites is 1. The van der Waals surface area contributed by atoms with Gasteiger partial charge in [0.15, 0.2) is 5.11 Å². The summed E-state index contributed by atoms with van der Waals surface area (Å²) in [5.74, 6) is -0.261. The highest BCUT2D eigenvalue weighted by atomic mass is 32.2. The lowest BCUT2D eigenvalue weighted by Crippen LogP contribution is -2.52. The Kier molecular flexibility index (Phi) is 5.43. The third-order valence-electron chi connectivity index (χ3n) is 4.31. The summed E-state index contributed by atoms with van der Waals surface area (Å²) in [6.07, 6.45) is 0. The second-order valence-corrected chi connectivity index (χ2v) is 8.22. The molecule has 1 fully saturated rings. The number of thiocarbonyl (C=S) groups is 1. The topological polar surface area (TPSA) is 52.7 Å². The van der Waals surface area contributed by atoms with Crippen molar-refractivity contribution in [3.63, 3.8) is 0 Å². The van der Waals surface area contributed by atoms with Crippen molar-refractivity contribution in [2.45, 2.75) is 11.8 Å². The average molecular weight is 394 g/mol. The van der Waals surface area contributed by atoms with Gasteiger partial charge in [0.05, 0.1) is 10.6 Å². The van der Waals surface area contributed by atoms with Crippen LogP contribution in [0.4, 0.5) is 10.1 Å². The summed E-state index contributed by atoms with van der Waals surface area (Å²) in [5, 5.41) is 0.166. The molecule has 1 aliphatic rings. The predicted octanol–water partition coefficient (Wildman–Crippen LogP) is 2.52. The summed E-state index contributed by atoms with van der Waals surface area (Å²) in [6, 6.07) is 13.2. The highest BCUT2D eigenvalue weighted by molar-refractivity contribution is 7.91. The summed E-state index contributed by atoms with van der Waals surface area (Å²) in [6.45, 7) is 4.05. The van der Waals surface area contributed by atoms with Crippen molar-refractivity contribution in [1.82, 2.24) is 9.62 Å². The molecule has 0 spiro atoms. The molecule has 0 aliphatic carbocycles. The number of nitrogens with zero attached hydrogens (tertiary/aromatic N) is 2. The van der Waals surface area contributed by atoms with E-state index in [0.717, 1.165) is 5.56 Å². The summed E-state index contributed by atoms with van der Waals surface area (Å²) in [5.41, 5.74) is 1.54. The minimum atomic E-state index is -3.70. The first kappa shape index (κ1) is 18.6. The Hall–Kier alpha value is -2.19. The maximum absolute atomic E-state index is 13.9. The van der Waals surface area contributed by atoms with Crippen molar-refractivity contribution >= 4 is 33.0 Å². The Morgan fingerprint density at radius 2 is 1.65 bits per heavy atom. The predicted molar refractivity (Wildman–Crippen MR) is 104 cm³/mol. The second kappa shape index (κ2) is 7.59. The third kappa shape index (κ3) is 4.13. The Morgan fingerprint density at radius 3 is 2.27 bits per heavy atom. The highest BCUT2D eigenvalue weighted by Crippen LogP contribution is 2.20. The van der Waals surface area contributed by atoms with Crippen LogP contribution in [0.1, 0.15) is 5.56 Å². The molecule has 0 amide bonds.